The fourth-order valence-corrected chi connectivity index (χ4v) is 2.39. The number of nitrogens with zero attached hydrogens (tertiary/aromatic N) is 1. The van der Waals surface area contributed by atoms with Crippen molar-refractivity contribution >= 4 is 5.97 Å². The van der Waals surface area contributed by atoms with Gasteiger partial charge in [-0.3, -0.25) is 9.69 Å². The number of carboxylic acids is 1. The second-order valence-corrected chi connectivity index (χ2v) is 4.48. The Hall–Kier alpha value is -0.710. The predicted octanol–water partition coefficient (Wildman–Crippen LogP) is 1.58. The van der Waals surface area contributed by atoms with Crippen LogP contribution in [0, 0.1) is 5.92 Å². The van der Waals surface area contributed by atoms with Crippen LogP contribution in [0.2, 0.25) is 0 Å². The molecular weight excluding hydrogens is 204 g/mol. The largest absolute Gasteiger partial charge is 0.481 e. The summed E-state index contributed by atoms with van der Waals surface area (Å²) in [6.45, 7) is 0.670. The van der Waals surface area contributed by atoms with Gasteiger partial charge in [0.15, 0.2) is 0 Å². The average Bonchev–Trinajstić information content (AvgIpc) is 2.05. The molecule has 0 aromatic heterocycles. The zero-order valence-corrected chi connectivity index (χ0v) is 8.46. The zero-order valence-electron chi connectivity index (χ0n) is 8.46. The van der Waals surface area contributed by atoms with Crippen molar-refractivity contribution in [3.63, 3.8) is 0 Å². The highest BCUT2D eigenvalue weighted by atomic mass is 19.3. The quantitative estimate of drug-likeness (QED) is 0.766. The maximum absolute atomic E-state index is 12.9. The molecule has 0 aromatic rings. The monoisotopic (exact) mass is 219 g/mol. The molecule has 0 bridgehead atoms. The number of alkyl halides is 2. The first-order valence-electron chi connectivity index (χ1n) is 5.34. The maximum atomic E-state index is 12.9. The first-order valence-corrected chi connectivity index (χ1v) is 5.34. The van der Waals surface area contributed by atoms with Gasteiger partial charge in [-0.05, 0) is 12.8 Å². The molecule has 1 saturated carbocycles. The SMILES string of the molecule is O=C(O)C1CCC1N1CCC(F)(F)CC1. The highest BCUT2D eigenvalue weighted by molar-refractivity contribution is 5.72. The average molecular weight is 219 g/mol. The fraction of sp³-hybridized carbons (Fsp3) is 0.900. The van der Waals surface area contributed by atoms with E-state index in [0.29, 0.717) is 19.5 Å². The molecular formula is C10H15F2NO2. The van der Waals surface area contributed by atoms with Crippen LogP contribution in [-0.4, -0.2) is 41.0 Å². The molecule has 2 unspecified atom stereocenters. The van der Waals surface area contributed by atoms with Crippen molar-refractivity contribution in [3.05, 3.63) is 0 Å². The Morgan fingerprint density at radius 3 is 2.27 bits per heavy atom. The van der Waals surface area contributed by atoms with Gasteiger partial charge in [0, 0.05) is 32.0 Å². The molecule has 1 N–H and O–H groups in total. The number of halogens is 2. The van der Waals surface area contributed by atoms with Crippen LogP contribution in [0.1, 0.15) is 25.7 Å². The number of likely N-dealkylation sites (tertiary alicyclic amines) is 1. The molecule has 2 rings (SSSR count). The Morgan fingerprint density at radius 2 is 1.87 bits per heavy atom. The van der Waals surface area contributed by atoms with E-state index in [0.717, 1.165) is 6.42 Å². The van der Waals surface area contributed by atoms with Gasteiger partial charge in [-0.25, -0.2) is 8.78 Å². The Labute approximate surface area is 87.1 Å². The second kappa shape index (κ2) is 3.70. The number of piperidine rings is 1. The van der Waals surface area contributed by atoms with Gasteiger partial charge in [0.1, 0.15) is 0 Å². The van der Waals surface area contributed by atoms with Crippen LogP contribution < -0.4 is 0 Å². The lowest BCUT2D eigenvalue weighted by Crippen LogP contribution is -2.54. The standard InChI is InChI=1S/C10H15F2NO2/c11-10(12)3-5-13(6-4-10)8-2-1-7(8)9(14)15/h7-8H,1-6H2,(H,14,15). The molecule has 0 amide bonds. The Morgan fingerprint density at radius 1 is 1.27 bits per heavy atom. The third kappa shape index (κ3) is 2.12. The summed E-state index contributed by atoms with van der Waals surface area (Å²) >= 11 is 0. The van der Waals surface area contributed by atoms with Crippen molar-refractivity contribution in [2.24, 2.45) is 5.92 Å². The Balaban J connectivity index is 1.89. The van der Waals surface area contributed by atoms with Crippen molar-refractivity contribution in [2.45, 2.75) is 37.6 Å². The molecule has 2 atom stereocenters. The molecule has 0 aromatic carbocycles. The van der Waals surface area contributed by atoms with E-state index in [2.05, 4.69) is 0 Å². The van der Waals surface area contributed by atoms with E-state index in [-0.39, 0.29) is 24.8 Å². The molecule has 1 heterocycles. The van der Waals surface area contributed by atoms with Gasteiger partial charge in [0.25, 0.3) is 5.92 Å². The summed E-state index contributed by atoms with van der Waals surface area (Å²) in [7, 11) is 0. The normalized spacial score (nSPS) is 35.9. The Bertz CT molecular complexity index is 260. The number of aliphatic carboxylic acids is 1. The van der Waals surface area contributed by atoms with Crippen LogP contribution in [-0.2, 0) is 4.79 Å². The van der Waals surface area contributed by atoms with Crippen molar-refractivity contribution < 1.29 is 18.7 Å². The summed E-state index contributed by atoms with van der Waals surface area (Å²) < 4.78 is 25.8. The third-order valence-corrected chi connectivity index (χ3v) is 3.55. The topological polar surface area (TPSA) is 40.5 Å². The molecule has 0 radical (unpaired) electrons. The van der Waals surface area contributed by atoms with Gasteiger partial charge in [0.05, 0.1) is 5.92 Å². The molecule has 3 nitrogen and oxygen atoms in total. The van der Waals surface area contributed by atoms with Gasteiger partial charge in [-0.1, -0.05) is 0 Å². The molecule has 5 heteroatoms. The summed E-state index contributed by atoms with van der Waals surface area (Å²) in [5, 5.41) is 8.86. The minimum Gasteiger partial charge on any atom is -0.481 e. The molecule has 2 fully saturated rings. The molecule has 1 saturated heterocycles. The molecule has 0 spiro atoms. The summed E-state index contributed by atoms with van der Waals surface area (Å²) in [5.41, 5.74) is 0. The minimum atomic E-state index is -2.54. The first-order chi connectivity index (χ1) is 6.99. The molecule has 86 valence electrons. The van der Waals surface area contributed by atoms with Gasteiger partial charge in [-0.2, -0.15) is 0 Å². The van der Waals surface area contributed by atoms with Crippen molar-refractivity contribution in [2.75, 3.05) is 13.1 Å². The van der Waals surface area contributed by atoms with Gasteiger partial charge in [-0.15, -0.1) is 0 Å². The van der Waals surface area contributed by atoms with E-state index >= 15 is 0 Å². The summed E-state index contributed by atoms with van der Waals surface area (Å²) in [5.74, 6) is -3.67. The molecule has 15 heavy (non-hydrogen) atoms. The molecule has 1 aliphatic carbocycles. The van der Waals surface area contributed by atoms with Crippen LogP contribution in [0.15, 0.2) is 0 Å². The summed E-state index contributed by atoms with van der Waals surface area (Å²) in [6.07, 6.45) is 1.26. The van der Waals surface area contributed by atoms with Crippen molar-refractivity contribution in [1.82, 2.24) is 4.90 Å². The third-order valence-electron chi connectivity index (χ3n) is 3.55. The van der Waals surface area contributed by atoms with E-state index in [1.165, 1.54) is 0 Å². The highest BCUT2D eigenvalue weighted by Crippen LogP contribution is 2.36. The molecule has 1 aliphatic heterocycles. The highest BCUT2D eigenvalue weighted by Gasteiger charge is 2.44. The zero-order chi connectivity index (χ0) is 11.1. The lowest BCUT2D eigenvalue weighted by molar-refractivity contribution is -0.151. The number of hydrogen-bond acceptors (Lipinski definition) is 2. The number of carbonyl (C=O) groups is 1. The number of rotatable bonds is 2. The van der Waals surface area contributed by atoms with E-state index in [9.17, 15) is 13.6 Å². The molecule has 2 aliphatic rings. The Kier molecular flexibility index (Phi) is 2.66. The van der Waals surface area contributed by atoms with E-state index in [4.69, 9.17) is 5.11 Å². The van der Waals surface area contributed by atoms with Crippen molar-refractivity contribution in [3.8, 4) is 0 Å². The van der Waals surface area contributed by atoms with Gasteiger partial charge < -0.3 is 5.11 Å². The predicted molar refractivity (Wildman–Crippen MR) is 49.9 cm³/mol. The summed E-state index contributed by atoms with van der Waals surface area (Å²) in [4.78, 5) is 12.7. The fourth-order valence-electron chi connectivity index (χ4n) is 2.39. The van der Waals surface area contributed by atoms with Gasteiger partial charge in [0.2, 0.25) is 0 Å². The van der Waals surface area contributed by atoms with E-state index in [1.807, 2.05) is 4.90 Å². The lowest BCUT2D eigenvalue weighted by atomic mass is 9.78. The van der Waals surface area contributed by atoms with Gasteiger partial charge >= 0.3 is 5.97 Å². The van der Waals surface area contributed by atoms with E-state index < -0.39 is 11.9 Å². The van der Waals surface area contributed by atoms with Crippen LogP contribution in [0.25, 0.3) is 0 Å². The maximum Gasteiger partial charge on any atom is 0.308 e. The van der Waals surface area contributed by atoms with E-state index in [1.54, 1.807) is 0 Å². The lowest BCUT2D eigenvalue weighted by Gasteiger charge is -2.45. The smallest absolute Gasteiger partial charge is 0.308 e. The second-order valence-electron chi connectivity index (χ2n) is 4.48. The van der Waals surface area contributed by atoms with Crippen molar-refractivity contribution in [1.29, 1.82) is 0 Å². The van der Waals surface area contributed by atoms with Crippen LogP contribution in [0.4, 0.5) is 8.78 Å². The first kappa shape index (κ1) is 10.8. The number of carboxylic acid groups (broad SMARTS) is 1. The van der Waals surface area contributed by atoms with Crippen LogP contribution >= 0.6 is 0 Å². The van der Waals surface area contributed by atoms with Crippen LogP contribution in [0.5, 0.6) is 0 Å². The number of hydrogen-bond donors (Lipinski definition) is 1. The van der Waals surface area contributed by atoms with Crippen LogP contribution in [0.3, 0.4) is 0 Å². The minimum absolute atomic E-state index is 0.00130. The summed E-state index contributed by atoms with van der Waals surface area (Å²) in [6, 6.07) is -0.00130.